The Bertz CT molecular complexity index is 460. The fraction of sp³-hybridized carbons (Fsp3) is 0.538. The SMILES string of the molecule is NC1C2CCC(C2)C1C(=O)c1ccncc1F. The summed E-state index contributed by atoms with van der Waals surface area (Å²) in [7, 11) is 0. The van der Waals surface area contributed by atoms with E-state index in [1.54, 1.807) is 0 Å². The van der Waals surface area contributed by atoms with E-state index in [0.29, 0.717) is 11.8 Å². The van der Waals surface area contributed by atoms with Crippen LogP contribution in [0.15, 0.2) is 18.5 Å². The molecule has 0 aromatic carbocycles. The molecule has 0 spiro atoms. The summed E-state index contributed by atoms with van der Waals surface area (Å²) in [6.45, 7) is 0. The summed E-state index contributed by atoms with van der Waals surface area (Å²) in [5.41, 5.74) is 6.24. The highest BCUT2D eigenvalue weighted by Gasteiger charge is 2.49. The van der Waals surface area contributed by atoms with Crippen LogP contribution in [-0.4, -0.2) is 16.8 Å². The number of ketones is 1. The maximum absolute atomic E-state index is 13.5. The first kappa shape index (κ1) is 10.8. The van der Waals surface area contributed by atoms with Gasteiger partial charge in [-0.1, -0.05) is 0 Å². The topological polar surface area (TPSA) is 56.0 Å². The first-order chi connectivity index (χ1) is 8.18. The minimum absolute atomic E-state index is 0.0891. The van der Waals surface area contributed by atoms with Gasteiger partial charge in [0.15, 0.2) is 11.6 Å². The van der Waals surface area contributed by atoms with E-state index in [0.717, 1.165) is 25.5 Å². The van der Waals surface area contributed by atoms with Gasteiger partial charge in [0, 0.05) is 18.2 Å². The zero-order valence-electron chi connectivity index (χ0n) is 9.47. The van der Waals surface area contributed by atoms with Crippen LogP contribution in [0.2, 0.25) is 0 Å². The molecule has 1 heterocycles. The van der Waals surface area contributed by atoms with Crippen molar-refractivity contribution in [2.45, 2.75) is 25.3 Å². The molecular formula is C13H15FN2O. The van der Waals surface area contributed by atoms with E-state index < -0.39 is 5.82 Å². The quantitative estimate of drug-likeness (QED) is 0.793. The molecule has 4 atom stereocenters. The zero-order chi connectivity index (χ0) is 12.0. The zero-order valence-corrected chi connectivity index (χ0v) is 9.47. The fourth-order valence-electron chi connectivity index (χ4n) is 3.48. The Labute approximate surface area is 99.2 Å². The monoisotopic (exact) mass is 234 g/mol. The Balaban J connectivity index is 1.91. The van der Waals surface area contributed by atoms with Crippen LogP contribution in [-0.2, 0) is 0 Å². The van der Waals surface area contributed by atoms with Gasteiger partial charge in [-0.15, -0.1) is 0 Å². The van der Waals surface area contributed by atoms with Crippen molar-refractivity contribution in [2.24, 2.45) is 23.5 Å². The van der Waals surface area contributed by atoms with E-state index in [-0.39, 0.29) is 23.3 Å². The molecule has 4 unspecified atom stereocenters. The van der Waals surface area contributed by atoms with Crippen LogP contribution in [0.1, 0.15) is 29.6 Å². The van der Waals surface area contributed by atoms with Crippen LogP contribution in [0.5, 0.6) is 0 Å². The minimum atomic E-state index is -0.535. The molecule has 3 nitrogen and oxygen atoms in total. The van der Waals surface area contributed by atoms with Crippen molar-refractivity contribution in [3.05, 3.63) is 29.8 Å². The second kappa shape index (κ2) is 3.88. The number of carbonyl (C=O) groups is 1. The second-order valence-corrected chi connectivity index (χ2v) is 5.16. The average Bonchev–Trinajstić information content (AvgIpc) is 2.89. The van der Waals surface area contributed by atoms with Crippen LogP contribution in [0, 0.1) is 23.6 Å². The first-order valence-corrected chi connectivity index (χ1v) is 6.08. The van der Waals surface area contributed by atoms with Gasteiger partial charge in [-0.05, 0) is 37.2 Å². The number of nitrogens with zero attached hydrogens (tertiary/aromatic N) is 1. The molecule has 90 valence electrons. The Morgan fingerprint density at radius 1 is 1.41 bits per heavy atom. The van der Waals surface area contributed by atoms with Crippen LogP contribution < -0.4 is 5.73 Å². The van der Waals surface area contributed by atoms with Crippen molar-refractivity contribution in [3.8, 4) is 0 Å². The summed E-state index contributed by atoms with van der Waals surface area (Å²) in [6.07, 6.45) is 5.75. The third-order valence-electron chi connectivity index (χ3n) is 4.32. The maximum Gasteiger partial charge on any atom is 0.170 e. The van der Waals surface area contributed by atoms with E-state index >= 15 is 0 Å². The van der Waals surface area contributed by atoms with Crippen LogP contribution in [0.25, 0.3) is 0 Å². The average molecular weight is 234 g/mol. The molecular weight excluding hydrogens is 219 g/mol. The number of fused-ring (bicyclic) bond motifs is 2. The number of carbonyl (C=O) groups excluding carboxylic acids is 1. The minimum Gasteiger partial charge on any atom is -0.327 e. The standard InChI is InChI=1S/C13H15FN2O/c14-10-6-16-4-3-9(10)13(17)11-7-1-2-8(5-7)12(11)15/h3-4,6-8,11-12H,1-2,5,15H2. The smallest absolute Gasteiger partial charge is 0.170 e. The third kappa shape index (κ3) is 1.59. The maximum atomic E-state index is 13.5. The third-order valence-corrected chi connectivity index (χ3v) is 4.32. The Morgan fingerprint density at radius 2 is 2.18 bits per heavy atom. The molecule has 2 saturated carbocycles. The van der Waals surface area contributed by atoms with Crippen LogP contribution in [0.4, 0.5) is 4.39 Å². The number of halogens is 1. The first-order valence-electron chi connectivity index (χ1n) is 6.08. The molecule has 0 radical (unpaired) electrons. The van der Waals surface area contributed by atoms with Gasteiger partial charge < -0.3 is 5.73 Å². The number of hydrogen-bond acceptors (Lipinski definition) is 3. The van der Waals surface area contributed by atoms with Gasteiger partial charge in [0.05, 0.1) is 11.8 Å². The van der Waals surface area contributed by atoms with Gasteiger partial charge in [-0.25, -0.2) is 4.39 Å². The Hall–Kier alpha value is -1.29. The van der Waals surface area contributed by atoms with Crippen molar-refractivity contribution >= 4 is 5.78 Å². The second-order valence-electron chi connectivity index (χ2n) is 5.16. The number of hydrogen-bond donors (Lipinski definition) is 1. The number of pyridine rings is 1. The Kier molecular flexibility index (Phi) is 2.47. The summed E-state index contributed by atoms with van der Waals surface area (Å²) in [5.74, 6) is -0.0448. The number of aromatic nitrogens is 1. The van der Waals surface area contributed by atoms with E-state index in [1.807, 2.05) is 0 Å². The molecule has 2 aliphatic rings. The molecule has 0 saturated heterocycles. The molecule has 3 rings (SSSR count). The summed E-state index contributed by atoms with van der Waals surface area (Å²) in [6, 6.07) is 1.37. The highest BCUT2D eigenvalue weighted by atomic mass is 19.1. The molecule has 2 bridgehead atoms. The lowest BCUT2D eigenvalue weighted by atomic mass is 9.80. The van der Waals surface area contributed by atoms with E-state index in [9.17, 15) is 9.18 Å². The predicted octanol–water partition coefficient (Wildman–Crippen LogP) is 1.78. The van der Waals surface area contributed by atoms with Gasteiger partial charge in [-0.3, -0.25) is 9.78 Å². The van der Waals surface area contributed by atoms with Gasteiger partial charge in [0.25, 0.3) is 0 Å². The molecule has 17 heavy (non-hydrogen) atoms. The van der Waals surface area contributed by atoms with E-state index in [1.165, 1.54) is 12.3 Å². The molecule has 0 amide bonds. The van der Waals surface area contributed by atoms with Crippen molar-refractivity contribution in [2.75, 3.05) is 0 Å². The molecule has 2 N–H and O–H groups in total. The summed E-state index contributed by atoms with van der Waals surface area (Å²) in [5, 5.41) is 0. The highest BCUT2D eigenvalue weighted by molar-refractivity contribution is 5.99. The molecule has 2 aliphatic carbocycles. The normalized spacial score (nSPS) is 35.2. The van der Waals surface area contributed by atoms with Gasteiger partial charge in [-0.2, -0.15) is 0 Å². The van der Waals surface area contributed by atoms with E-state index in [4.69, 9.17) is 5.73 Å². The van der Waals surface area contributed by atoms with Crippen molar-refractivity contribution < 1.29 is 9.18 Å². The van der Waals surface area contributed by atoms with E-state index in [2.05, 4.69) is 4.98 Å². The summed E-state index contributed by atoms with van der Waals surface area (Å²) >= 11 is 0. The highest BCUT2D eigenvalue weighted by Crippen LogP contribution is 2.48. The molecule has 0 aliphatic heterocycles. The van der Waals surface area contributed by atoms with Crippen LogP contribution in [0.3, 0.4) is 0 Å². The predicted molar refractivity (Wildman–Crippen MR) is 60.8 cm³/mol. The lowest BCUT2D eigenvalue weighted by Crippen LogP contribution is -2.40. The lowest BCUT2D eigenvalue weighted by Gasteiger charge is -2.26. The lowest BCUT2D eigenvalue weighted by molar-refractivity contribution is 0.0851. The summed E-state index contributed by atoms with van der Waals surface area (Å²) < 4.78 is 13.5. The fourth-order valence-corrected chi connectivity index (χ4v) is 3.48. The van der Waals surface area contributed by atoms with Crippen LogP contribution >= 0.6 is 0 Å². The number of nitrogens with two attached hydrogens (primary N) is 1. The molecule has 4 heteroatoms. The van der Waals surface area contributed by atoms with Gasteiger partial charge in [0.1, 0.15) is 0 Å². The number of Topliss-reactive ketones (excluding diaryl/α,β-unsaturated/α-hetero) is 1. The molecule has 1 aromatic heterocycles. The van der Waals surface area contributed by atoms with Crippen molar-refractivity contribution in [3.63, 3.8) is 0 Å². The Morgan fingerprint density at radius 3 is 2.82 bits per heavy atom. The van der Waals surface area contributed by atoms with Crippen molar-refractivity contribution in [1.82, 2.24) is 4.98 Å². The largest absolute Gasteiger partial charge is 0.327 e. The molecule has 1 aromatic rings. The van der Waals surface area contributed by atoms with Gasteiger partial charge >= 0.3 is 0 Å². The number of rotatable bonds is 2. The van der Waals surface area contributed by atoms with Crippen molar-refractivity contribution in [1.29, 1.82) is 0 Å². The summed E-state index contributed by atoms with van der Waals surface area (Å²) in [4.78, 5) is 16.0. The molecule has 2 fully saturated rings. The van der Waals surface area contributed by atoms with Gasteiger partial charge in [0.2, 0.25) is 0 Å².